The molecule has 4 heteroatoms. The smallest absolute Gasteiger partial charge is 0.129 e. The van der Waals surface area contributed by atoms with Crippen LogP contribution in [-0.2, 0) is 0 Å². The zero-order valence-corrected chi connectivity index (χ0v) is 6.84. The van der Waals surface area contributed by atoms with E-state index in [1.165, 1.54) is 6.07 Å². The fourth-order valence-electron chi connectivity index (χ4n) is 1.04. The summed E-state index contributed by atoms with van der Waals surface area (Å²) in [6.07, 6.45) is -0.341. The van der Waals surface area contributed by atoms with E-state index < -0.39 is 0 Å². The number of benzene rings is 1. The molecule has 3 nitrogen and oxygen atoms in total. The van der Waals surface area contributed by atoms with Gasteiger partial charge in [0.15, 0.2) is 0 Å². The lowest BCUT2D eigenvalue weighted by Gasteiger charge is -2.15. The van der Waals surface area contributed by atoms with Crippen LogP contribution in [0.25, 0.3) is 0 Å². The third-order valence-corrected chi connectivity index (χ3v) is 1.67. The molecule has 0 fully saturated rings. The molecule has 0 saturated carbocycles. The first kappa shape index (κ1) is 9.12. The van der Waals surface area contributed by atoms with Crippen LogP contribution < -0.4 is 16.6 Å². The van der Waals surface area contributed by atoms with Gasteiger partial charge < -0.3 is 5.32 Å². The molecule has 4 N–H and O–H groups in total. The molecule has 1 atom stereocenters. The number of nitrogens with two attached hydrogens (primary N) is 1. The van der Waals surface area contributed by atoms with Crippen molar-refractivity contribution in [1.29, 1.82) is 0 Å². The SMILES string of the molecule is CNC(NN)c1ccccc1F. The maximum atomic E-state index is 13.1. The van der Waals surface area contributed by atoms with Crippen molar-refractivity contribution in [2.24, 2.45) is 5.84 Å². The Morgan fingerprint density at radius 3 is 2.58 bits per heavy atom. The van der Waals surface area contributed by atoms with Gasteiger partial charge in [-0.05, 0) is 13.1 Å². The predicted octanol–water partition coefficient (Wildman–Crippen LogP) is 0.507. The molecule has 0 saturated heterocycles. The summed E-state index contributed by atoms with van der Waals surface area (Å²) in [4.78, 5) is 0. The number of nitrogens with one attached hydrogen (secondary N) is 2. The minimum atomic E-state index is -0.341. The van der Waals surface area contributed by atoms with E-state index in [-0.39, 0.29) is 12.0 Å². The molecule has 1 unspecified atom stereocenters. The van der Waals surface area contributed by atoms with Gasteiger partial charge in [-0.3, -0.25) is 5.84 Å². The van der Waals surface area contributed by atoms with Crippen LogP contribution in [0.5, 0.6) is 0 Å². The summed E-state index contributed by atoms with van der Waals surface area (Å²) < 4.78 is 13.1. The van der Waals surface area contributed by atoms with E-state index in [4.69, 9.17) is 5.84 Å². The van der Waals surface area contributed by atoms with Crippen LogP contribution in [-0.4, -0.2) is 7.05 Å². The second-order valence-electron chi connectivity index (χ2n) is 2.41. The number of hydrazine groups is 1. The molecule has 1 aromatic carbocycles. The first-order valence-corrected chi connectivity index (χ1v) is 3.67. The van der Waals surface area contributed by atoms with Crippen molar-refractivity contribution in [2.45, 2.75) is 6.17 Å². The Morgan fingerprint density at radius 1 is 1.42 bits per heavy atom. The van der Waals surface area contributed by atoms with Gasteiger partial charge in [-0.2, -0.15) is 0 Å². The molecular weight excluding hydrogens is 157 g/mol. The van der Waals surface area contributed by atoms with Crippen LogP contribution >= 0.6 is 0 Å². The zero-order chi connectivity index (χ0) is 8.97. The third kappa shape index (κ3) is 1.79. The quantitative estimate of drug-likeness (QED) is 0.351. The third-order valence-electron chi connectivity index (χ3n) is 1.67. The van der Waals surface area contributed by atoms with Gasteiger partial charge in [0.1, 0.15) is 5.82 Å². The van der Waals surface area contributed by atoms with Crippen molar-refractivity contribution in [3.8, 4) is 0 Å². The monoisotopic (exact) mass is 169 g/mol. The highest BCUT2D eigenvalue weighted by Crippen LogP contribution is 2.12. The highest BCUT2D eigenvalue weighted by molar-refractivity contribution is 5.20. The molecule has 0 aromatic heterocycles. The molecule has 1 aromatic rings. The van der Waals surface area contributed by atoms with Crippen LogP contribution in [0.1, 0.15) is 11.7 Å². The number of hydrogen-bond acceptors (Lipinski definition) is 3. The minimum Gasteiger partial charge on any atom is -0.300 e. The van der Waals surface area contributed by atoms with Crippen molar-refractivity contribution in [1.82, 2.24) is 10.7 Å². The van der Waals surface area contributed by atoms with Gasteiger partial charge in [0.2, 0.25) is 0 Å². The molecule has 1 rings (SSSR count). The standard InChI is InChI=1S/C8H12FN3/c1-11-8(12-10)6-4-2-3-5-7(6)9/h2-5,8,11-12H,10H2,1H3. The van der Waals surface area contributed by atoms with Crippen molar-refractivity contribution >= 4 is 0 Å². The van der Waals surface area contributed by atoms with E-state index in [1.54, 1.807) is 25.2 Å². The van der Waals surface area contributed by atoms with E-state index in [0.29, 0.717) is 5.56 Å². The van der Waals surface area contributed by atoms with Gasteiger partial charge in [0.05, 0.1) is 6.17 Å². The summed E-state index contributed by atoms with van der Waals surface area (Å²) in [5, 5.41) is 2.83. The largest absolute Gasteiger partial charge is 0.300 e. The van der Waals surface area contributed by atoms with Crippen molar-refractivity contribution in [3.05, 3.63) is 35.6 Å². The molecule has 12 heavy (non-hydrogen) atoms. The molecule has 0 aliphatic carbocycles. The van der Waals surface area contributed by atoms with Crippen molar-refractivity contribution in [2.75, 3.05) is 7.05 Å². The van der Waals surface area contributed by atoms with Gasteiger partial charge >= 0.3 is 0 Å². The molecule has 0 aliphatic rings. The molecule has 0 spiro atoms. The fourth-order valence-corrected chi connectivity index (χ4v) is 1.04. The highest BCUT2D eigenvalue weighted by Gasteiger charge is 2.09. The molecule has 0 amide bonds. The molecule has 66 valence electrons. The fraction of sp³-hybridized carbons (Fsp3) is 0.250. The van der Waals surface area contributed by atoms with Gasteiger partial charge in [0, 0.05) is 5.56 Å². The average Bonchev–Trinajstić information content (AvgIpc) is 2.10. The van der Waals surface area contributed by atoms with Crippen LogP contribution in [0, 0.1) is 5.82 Å². The lowest BCUT2D eigenvalue weighted by atomic mass is 10.1. The Morgan fingerprint density at radius 2 is 2.08 bits per heavy atom. The van der Waals surface area contributed by atoms with E-state index in [0.717, 1.165) is 0 Å². The number of rotatable bonds is 3. The Kier molecular flexibility index (Phi) is 3.16. The van der Waals surface area contributed by atoms with Gasteiger partial charge in [0.25, 0.3) is 0 Å². The van der Waals surface area contributed by atoms with Gasteiger partial charge in [-0.25, -0.2) is 9.82 Å². The summed E-state index contributed by atoms with van der Waals surface area (Å²) in [6.45, 7) is 0. The Labute approximate surface area is 70.7 Å². The summed E-state index contributed by atoms with van der Waals surface area (Å²) in [7, 11) is 1.71. The van der Waals surface area contributed by atoms with Crippen LogP contribution in [0.15, 0.2) is 24.3 Å². The Bertz CT molecular complexity index is 248. The predicted molar refractivity (Wildman–Crippen MR) is 45.5 cm³/mol. The molecular formula is C8H12FN3. The van der Waals surface area contributed by atoms with E-state index in [2.05, 4.69) is 10.7 Å². The molecule has 0 aliphatic heterocycles. The zero-order valence-electron chi connectivity index (χ0n) is 6.84. The topological polar surface area (TPSA) is 50.1 Å². The lowest BCUT2D eigenvalue weighted by molar-refractivity contribution is 0.462. The highest BCUT2D eigenvalue weighted by atomic mass is 19.1. The Balaban J connectivity index is 2.92. The van der Waals surface area contributed by atoms with E-state index >= 15 is 0 Å². The van der Waals surface area contributed by atoms with E-state index in [9.17, 15) is 4.39 Å². The van der Waals surface area contributed by atoms with Crippen LogP contribution in [0.4, 0.5) is 4.39 Å². The first-order valence-electron chi connectivity index (χ1n) is 3.67. The second-order valence-corrected chi connectivity index (χ2v) is 2.41. The maximum absolute atomic E-state index is 13.1. The van der Waals surface area contributed by atoms with Crippen molar-refractivity contribution < 1.29 is 4.39 Å². The van der Waals surface area contributed by atoms with Gasteiger partial charge in [-0.1, -0.05) is 18.2 Å². The minimum absolute atomic E-state index is 0.269. The van der Waals surface area contributed by atoms with Crippen LogP contribution in [0.3, 0.4) is 0 Å². The van der Waals surface area contributed by atoms with E-state index in [1.807, 2.05) is 0 Å². The van der Waals surface area contributed by atoms with Gasteiger partial charge in [-0.15, -0.1) is 0 Å². The molecule has 0 radical (unpaired) electrons. The summed E-state index contributed by atoms with van der Waals surface area (Å²) >= 11 is 0. The first-order chi connectivity index (χ1) is 5.79. The summed E-state index contributed by atoms with van der Waals surface area (Å²) in [5.74, 6) is 4.94. The molecule has 0 heterocycles. The van der Waals surface area contributed by atoms with Crippen LogP contribution in [0.2, 0.25) is 0 Å². The number of halogens is 1. The lowest BCUT2D eigenvalue weighted by Crippen LogP contribution is -2.37. The molecule has 0 bridgehead atoms. The second kappa shape index (κ2) is 4.15. The summed E-state index contributed by atoms with van der Waals surface area (Å²) in [6, 6.07) is 6.48. The summed E-state index contributed by atoms with van der Waals surface area (Å²) in [5.41, 5.74) is 2.97. The average molecular weight is 169 g/mol. The Hall–Kier alpha value is -0.970. The number of hydrogen-bond donors (Lipinski definition) is 3. The normalized spacial score (nSPS) is 12.9. The van der Waals surface area contributed by atoms with Crippen molar-refractivity contribution in [3.63, 3.8) is 0 Å². The maximum Gasteiger partial charge on any atom is 0.129 e.